The molecule has 2 heterocycles. The zero-order chi connectivity index (χ0) is 24.5. The SMILES string of the molecule is Cc1ccc(NC(=O)[C@@H]2CCCN2S(=O)(=O)c2ccccc2F)cc1S(=O)(=O)N1CCOCC1. The van der Waals surface area contributed by atoms with E-state index in [0.29, 0.717) is 25.2 Å². The average molecular weight is 512 g/mol. The summed E-state index contributed by atoms with van der Waals surface area (Å²) in [6.07, 6.45) is 0.709. The molecule has 12 heteroatoms. The van der Waals surface area contributed by atoms with Gasteiger partial charge in [0.1, 0.15) is 16.8 Å². The fourth-order valence-corrected chi connectivity index (χ4v) is 7.56. The van der Waals surface area contributed by atoms with Crippen LogP contribution in [0.1, 0.15) is 18.4 Å². The van der Waals surface area contributed by atoms with E-state index in [1.54, 1.807) is 19.1 Å². The van der Waals surface area contributed by atoms with Crippen LogP contribution in [0.4, 0.5) is 10.1 Å². The van der Waals surface area contributed by atoms with E-state index in [9.17, 15) is 26.0 Å². The Hall–Kier alpha value is -2.38. The van der Waals surface area contributed by atoms with E-state index >= 15 is 0 Å². The van der Waals surface area contributed by atoms with E-state index in [2.05, 4.69) is 5.32 Å². The van der Waals surface area contributed by atoms with Gasteiger partial charge in [0.2, 0.25) is 26.0 Å². The lowest BCUT2D eigenvalue weighted by Gasteiger charge is -2.27. The second kappa shape index (κ2) is 9.70. The number of benzene rings is 2. The molecule has 2 saturated heterocycles. The molecule has 2 aromatic carbocycles. The van der Waals surface area contributed by atoms with Crippen LogP contribution >= 0.6 is 0 Å². The van der Waals surface area contributed by atoms with Crippen molar-refractivity contribution in [2.75, 3.05) is 38.2 Å². The molecule has 0 aromatic heterocycles. The molecule has 2 fully saturated rings. The molecular weight excluding hydrogens is 485 g/mol. The van der Waals surface area contributed by atoms with Crippen molar-refractivity contribution in [2.45, 2.75) is 35.6 Å². The molecule has 0 bridgehead atoms. The Balaban J connectivity index is 1.57. The molecule has 0 saturated carbocycles. The van der Waals surface area contributed by atoms with E-state index in [-0.39, 0.29) is 36.6 Å². The topological polar surface area (TPSA) is 113 Å². The van der Waals surface area contributed by atoms with Crippen molar-refractivity contribution in [3.8, 4) is 0 Å². The third-order valence-electron chi connectivity index (χ3n) is 5.97. The smallest absolute Gasteiger partial charge is 0.246 e. The fraction of sp³-hybridized carbons (Fsp3) is 0.409. The van der Waals surface area contributed by atoms with Gasteiger partial charge in [-0.05, 0) is 49.6 Å². The van der Waals surface area contributed by atoms with E-state index in [1.165, 1.54) is 28.6 Å². The number of amides is 1. The summed E-state index contributed by atoms with van der Waals surface area (Å²) in [6.45, 7) is 2.84. The Labute approximate surface area is 198 Å². The standard InChI is InChI=1S/C22H26FN3O6S2/c1-16-8-9-17(15-21(16)33(28,29)25-11-13-32-14-12-25)24-22(27)19-6-4-10-26(19)34(30,31)20-7-3-2-5-18(20)23/h2-3,5,7-9,15,19H,4,6,10-14H2,1H3,(H,24,27)/t19-/m0/s1. The maximum atomic E-state index is 14.2. The van der Waals surface area contributed by atoms with Crippen molar-refractivity contribution in [2.24, 2.45) is 0 Å². The maximum Gasteiger partial charge on any atom is 0.246 e. The third kappa shape index (κ3) is 4.73. The minimum absolute atomic E-state index is 0.0643. The molecule has 2 aliphatic rings. The number of morpholine rings is 1. The second-order valence-electron chi connectivity index (χ2n) is 8.19. The minimum Gasteiger partial charge on any atom is -0.379 e. The number of nitrogens with one attached hydrogen (secondary N) is 1. The van der Waals surface area contributed by atoms with Crippen molar-refractivity contribution in [3.05, 3.63) is 53.8 Å². The molecule has 1 amide bonds. The Morgan fingerprint density at radius 1 is 1.00 bits per heavy atom. The minimum atomic E-state index is -4.23. The molecule has 0 aliphatic carbocycles. The molecule has 2 aromatic rings. The van der Waals surface area contributed by atoms with Crippen molar-refractivity contribution >= 4 is 31.6 Å². The molecule has 4 rings (SSSR count). The summed E-state index contributed by atoms with van der Waals surface area (Å²) in [5.74, 6) is -1.49. The number of halogens is 1. The van der Waals surface area contributed by atoms with Crippen LogP contribution in [0.3, 0.4) is 0 Å². The van der Waals surface area contributed by atoms with Crippen LogP contribution in [0.5, 0.6) is 0 Å². The number of sulfonamides is 2. The van der Waals surface area contributed by atoms with Crippen molar-refractivity contribution < 1.29 is 30.8 Å². The molecular formula is C22H26FN3O6S2. The molecule has 2 aliphatic heterocycles. The van der Waals surface area contributed by atoms with Crippen LogP contribution < -0.4 is 5.32 Å². The van der Waals surface area contributed by atoms with Gasteiger partial charge in [0.05, 0.1) is 18.1 Å². The summed E-state index contributed by atoms with van der Waals surface area (Å²) in [4.78, 5) is 12.6. The van der Waals surface area contributed by atoms with Gasteiger partial charge in [-0.3, -0.25) is 4.79 Å². The van der Waals surface area contributed by atoms with Gasteiger partial charge in [0.25, 0.3) is 0 Å². The van der Waals surface area contributed by atoms with Gasteiger partial charge in [-0.2, -0.15) is 8.61 Å². The predicted octanol–water partition coefficient (Wildman–Crippen LogP) is 1.95. The molecule has 1 N–H and O–H groups in total. The van der Waals surface area contributed by atoms with Crippen LogP contribution in [0.2, 0.25) is 0 Å². The van der Waals surface area contributed by atoms with E-state index in [1.807, 2.05) is 0 Å². The highest BCUT2D eigenvalue weighted by molar-refractivity contribution is 7.89. The molecule has 0 unspecified atom stereocenters. The highest BCUT2D eigenvalue weighted by atomic mass is 32.2. The Morgan fingerprint density at radius 3 is 2.41 bits per heavy atom. The Bertz CT molecular complexity index is 1290. The molecule has 9 nitrogen and oxygen atoms in total. The first-order chi connectivity index (χ1) is 16.1. The van der Waals surface area contributed by atoms with Crippen LogP contribution in [-0.2, 0) is 29.6 Å². The lowest BCUT2D eigenvalue weighted by Crippen LogP contribution is -2.43. The van der Waals surface area contributed by atoms with E-state index in [0.717, 1.165) is 10.4 Å². The molecule has 0 spiro atoms. The number of carbonyl (C=O) groups is 1. The highest BCUT2D eigenvalue weighted by Gasteiger charge is 2.40. The summed E-state index contributed by atoms with van der Waals surface area (Å²) in [7, 11) is -8.02. The second-order valence-corrected chi connectivity index (χ2v) is 12.0. The summed E-state index contributed by atoms with van der Waals surface area (Å²) in [5.41, 5.74) is 0.756. The number of hydrogen-bond donors (Lipinski definition) is 1. The number of nitrogens with zero attached hydrogens (tertiary/aromatic N) is 2. The number of ether oxygens (including phenoxy) is 1. The van der Waals surface area contributed by atoms with Crippen molar-refractivity contribution in [1.29, 1.82) is 0 Å². The van der Waals surface area contributed by atoms with Gasteiger partial charge >= 0.3 is 0 Å². The fourth-order valence-electron chi connectivity index (χ4n) is 4.18. The highest BCUT2D eigenvalue weighted by Crippen LogP contribution is 2.29. The molecule has 184 valence electrons. The van der Waals surface area contributed by atoms with Gasteiger partial charge in [-0.1, -0.05) is 18.2 Å². The van der Waals surface area contributed by atoms with Crippen LogP contribution in [0.15, 0.2) is 52.3 Å². The van der Waals surface area contributed by atoms with Gasteiger partial charge in [-0.25, -0.2) is 21.2 Å². The molecule has 34 heavy (non-hydrogen) atoms. The van der Waals surface area contributed by atoms with Crippen LogP contribution in [0, 0.1) is 12.7 Å². The summed E-state index contributed by atoms with van der Waals surface area (Å²) < 4.78 is 74.1. The monoisotopic (exact) mass is 511 g/mol. The van der Waals surface area contributed by atoms with Gasteiger partial charge in [0, 0.05) is 25.3 Å². The number of carbonyl (C=O) groups excluding carboxylic acids is 1. The largest absolute Gasteiger partial charge is 0.379 e. The van der Waals surface area contributed by atoms with E-state index in [4.69, 9.17) is 4.74 Å². The summed E-state index contributed by atoms with van der Waals surface area (Å²) in [5, 5.41) is 2.65. The van der Waals surface area contributed by atoms with Crippen LogP contribution in [-0.4, -0.2) is 70.2 Å². The third-order valence-corrected chi connectivity index (χ3v) is 9.96. The normalized spacial score (nSPS) is 20.4. The first-order valence-corrected chi connectivity index (χ1v) is 13.8. The number of aryl methyl sites for hydroxylation is 1. The first-order valence-electron chi connectivity index (χ1n) is 10.9. The Kier molecular flexibility index (Phi) is 7.06. The summed E-state index contributed by atoms with van der Waals surface area (Å²) in [6, 6.07) is 8.53. The van der Waals surface area contributed by atoms with Gasteiger partial charge in [-0.15, -0.1) is 0 Å². The molecule has 1 atom stereocenters. The average Bonchev–Trinajstić information content (AvgIpc) is 3.32. The Morgan fingerprint density at radius 2 is 1.71 bits per heavy atom. The predicted molar refractivity (Wildman–Crippen MR) is 123 cm³/mol. The van der Waals surface area contributed by atoms with Crippen LogP contribution in [0.25, 0.3) is 0 Å². The number of hydrogen-bond acceptors (Lipinski definition) is 6. The first kappa shape index (κ1) is 24.7. The quantitative estimate of drug-likeness (QED) is 0.634. The maximum absolute atomic E-state index is 14.2. The van der Waals surface area contributed by atoms with Crippen molar-refractivity contribution in [1.82, 2.24) is 8.61 Å². The lowest BCUT2D eigenvalue weighted by molar-refractivity contribution is -0.119. The van der Waals surface area contributed by atoms with Gasteiger partial charge < -0.3 is 10.1 Å². The lowest BCUT2D eigenvalue weighted by atomic mass is 10.2. The zero-order valence-corrected chi connectivity index (χ0v) is 20.2. The van der Waals surface area contributed by atoms with Gasteiger partial charge in [0.15, 0.2) is 0 Å². The molecule has 0 radical (unpaired) electrons. The number of anilines is 1. The summed E-state index contributed by atoms with van der Waals surface area (Å²) >= 11 is 0. The zero-order valence-electron chi connectivity index (χ0n) is 18.6. The number of rotatable bonds is 6. The van der Waals surface area contributed by atoms with Crippen molar-refractivity contribution in [3.63, 3.8) is 0 Å². The van der Waals surface area contributed by atoms with E-state index < -0.39 is 42.7 Å².